The minimum absolute atomic E-state index is 0.232. The van der Waals surface area contributed by atoms with Crippen molar-refractivity contribution in [1.29, 1.82) is 0 Å². The van der Waals surface area contributed by atoms with E-state index in [1.165, 1.54) is 6.07 Å². The first kappa shape index (κ1) is 17.0. The summed E-state index contributed by atoms with van der Waals surface area (Å²) in [6.45, 7) is 2.51. The van der Waals surface area contributed by atoms with Crippen molar-refractivity contribution in [2.24, 2.45) is 0 Å². The van der Waals surface area contributed by atoms with E-state index in [0.717, 1.165) is 23.4 Å². The molecule has 0 atom stereocenters. The number of hydrogen-bond acceptors (Lipinski definition) is 6. The summed E-state index contributed by atoms with van der Waals surface area (Å²) < 4.78 is 37.1. The number of ether oxygens (including phenoxy) is 2. The van der Waals surface area contributed by atoms with Gasteiger partial charge in [0.2, 0.25) is 6.79 Å². The first-order valence-electron chi connectivity index (χ1n) is 8.27. The second-order valence-electron chi connectivity index (χ2n) is 5.98. The van der Waals surface area contributed by atoms with Crippen molar-refractivity contribution in [3.05, 3.63) is 65.5 Å². The van der Waals surface area contributed by atoms with Crippen LogP contribution in [0.4, 0.5) is 26.1 Å². The molecule has 0 amide bonds. The summed E-state index contributed by atoms with van der Waals surface area (Å²) in [6, 6.07) is 11.0. The molecule has 1 aromatic heterocycles. The van der Waals surface area contributed by atoms with Gasteiger partial charge >= 0.3 is 0 Å². The van der Waals surface area contributed by atoms with Crippen molar-refractivity contribution in [3.63, 3.8) is 0 Å². The van der Waals surface area contributed by atoms with Crippen LogP contribution in [0.1, 0.15) is 11.4 Å². The Morgan fingerprint density at radius 1 is 0.926 bits per heavy atom. The van der Waals surface area contributed by atoms with Crippen molar-refractivity contribution in [1.82, 2.24) is 9.97 Å². The molecule has 2 heterocycles. The van der Waals surface area contributed by atoms with Crippen molar-refractivity contribution in [2.45, 2.75) is 13.5 Å². The maximum atomic E-state index is 13.4. The van der Waals surface area contributed by atoms with Gasteiger partial charge in [0.05, 0.1) is 0 Å². The molecule has 0 aliphatic carbocycles. The monoisotopic (exact) mass is 370 g/mol. The Morgan fingerprint density at radius 3 is 2.59 bits per heavy atom. The zero-order valence-electron chi connectivity index (χ0n) is 14.4. The minimum Gasteiger partial charge on any atom is -0.454 e. The number of halogens is 2. The lowest BCUT2D eigenvalue weighted by atomic mass is 10.2. The number of anilines is 3. The van der Waals surface area contributed by atoms with Crippen LogP contribution in [0.3, 0.4) is 0 Å². The Balaban J connectivity index is 1.47. The molecule has 2 N–H and O–H groups in total. The fraction of sp³-hybridized carbons (Fsp3) is 0.158. The fourth-order valence-electron chi connectivity index (χ4n) is 2.69. The highest BCUT2D eigenvalue weighted by molar-refractivity contribution is 5.59. The molecule has 0 saturated heterocycles. The van der Waals surface area contributed by atoms with Crippen LogP contribution in [0.25, 0.3) is 0 Å². The van der Waals surface area contributed by atoms with Crippen LogP contribution in [-0.4, -0.2) is 16.8 Å². The number of benzene rings is 2. The summed E-state index contributed by atoms with van der Waals surface area (Å²) in [4.78, 5) is 8.61. The summed E-state index contributed by atoms with van der Waals surface area (Å²) in [5.74, 6) is 1.24. The molecule has 6 nitrogen and oxygen atoms in total. The van der Waals surface area contributed by atoms with Gasteiger partial charge in [0, 0.05) is 24.4 Å². The molecule has 0 bridgehead atoms. The number of hydrogen-bond donors (Lipinski definition) is 2. The highest BCUT2D eigenvalue weighted by Crippen LogP contribution is 2.32. The highest BCUT2D eigenvalue weighted by atomic mass is 19.2. The molecule has 0 fully saturated rings. The molecule has 1 aliphatic heterocycles. The number of aryl methyl sites for hydroxylation is 1. The van der Waals surface area contributed by atoms with E-state index in [4.69, 9.17) is 9.47 Å². The maximum absolute atomic E-state index is 13.4. The summed E-state index contributed by atoms with van der Waals surface area (Å²) in [5, 5.41) is 6.17. The molecule has 0 unspecified atom stereocenters. The van der Waals surface area contributed by atoms with Gasteiger partial charge in [-0.15, -0.1) is 0 Å². The van der Waals surface area contributed by atoms with Gasteiger partial charge < -0.3 is 20.1 Å². The average molecular weight is 370 g/mol. The number of nitrogens with one attached hydrogen (secondary N) is 2. The quantitative estimate of drug-likeness (QED) is 0.703. The molecule has 1 aliphatic rings. The van der Waals surface area contributed by atoms with Crippen LogP contribution >= 0.6 is 0 Å². The number of aromatic nitrogens is 2. The molecule has 27 heavy (non-hydrogen) atoms. The molecule has 4 rings (SSSR count). The van der Waals surface area contributed by atoms with Crippen molar-refractivity contribution in [3.8, 4) is 11.5 Å². The highest BCUT2D eigenvalue weighted by Gasteiger charge is 2.13. The van der Waals surface area contributed by atoms with E-state index >= 15 is 0 Å². The lowest BCUT2D eigenvalue weighted by Crippen LogP contribution is -2.05. The van der Waals surface area contributed by atoms with Crippen molar-refractivity contribution in [2.75, 3.05) is 17.4 Å². The zero-order chi connectivity index (χ0) is 18.8. The third-order valence-electron chi connectivity index (χ3n) is 3.94. The van der Waals surface area contributed by atoms with Crippen LogP contribution in [-0.2, 0) is 6.54 Å². The number of rotatable bonds is 5. The molecular weight excluding hydrogens is 354 g/mol. The van der Waals surface area contributed by atoms with Crippen LogP contribution in [0.5, 0.6) is 11.5 Å². The Hall–Kier alpha value is -3.42. The smallest absolute Gasteiger partial charge is 0.231 e. The van der Waals surface area contributed by atoms with Crippen LogP contribution in [0, 0.1) is 18.6 Å². The van der Waals surface area contributed by atoms with E-state index in [2.05, 4.69) is 20.6 Å². The normalized spacial score (nSPS) is 12.1. The number of fused-ring (bicyclic) bond motifs is 1. The van der Waals surface area contributed by atoms with E-state index < -0.39 is 11.6 Å². The second kappa shape index (κ2) is 7.06. The molecule has 8 heteroatoms. The molecule has 138 valence electrons. The summed E-state index contributed by atoms with van der Waals surface area (Å²) in [7, 11) is 0. The minimum atomic E-state index is -0.924. The lowest BCUT2D eigenvalue weighted by Gasteiger charge is -2.11. The standard InChI is InChI=1S/C19H16F2N4O2/c1-11-23-18(22-9-12-2-5-16-17(6-12)27-10-26-16)8-19(24-11)25-13-3-4-14(20)15(21)7-13/h2-8H,9-10H2,1H3,(H2,22,23,24,25). The predicted molar refractivity (Wildman–Crippen MR) is 96.3 cm³/mol. The van der Waals surface area contributed by atoms with Crippen molar-refractivity contribution < 1.29 is 18.3 Å². The van der Waals surface area contributed by atoms with Gasteiger partial charge in [-0.25, -0.2) is 18.7 Å². The maximum Gasteiger partial charge on any atom is 0.231 e. The third kappa shape index (κ3) is 3.89. The molecule has 0 spiro atoms. The molecule has 0 radical (unpaired) electrons. The lowest BCUT2D eigenvalue weighted by molar-refractivity contribution is 0.174. The second-order valence-corrected chi connectivity index (χ2v) is 5.98. The van der Waals surface area contributed by atoms with E-state index in [0.29, 0.717) is 35.4 Å². The number of nitrogens with zero attached hydrogens (tertiary/aromatic N) is 2. The van der Waals surface area contributed by atoms with Crippen LogP contribution in [0.2, 0.25) is 0 Å². The Labute approximate surface area is 154 Å². The SMILES string of the molecule is Cc1nc(NCc2ccc3c(c2)OCO3)cc(Nc2ccc(F)c(F)c2)n1. The Kier molecular flexibility index (Phi) is 4.45. The van der Waals surface area contributed by atoms with E-state index in [9.17, 15) is 8.78 Å². The predicted octanol–water partition coefficient (Wildman–Crippen LogP) is 4.15. The van der Waals surface area contributed by atoms with Gasteiger partial charge in [0.25, 0.3) is 0 Å². The van der Waals surface area contributed by atoms with Crippen LogP contribution < -0.4 is 20.1 Å². The largest absolute Gasteiger partial charge is 0.454 e. The molecule has 2 aromatic carbocycles. The summed E-state index contributed by atoms with van der Waals surface area (Å²) in [5.41, 5.74) is 1.40. The molecule has 0 saturated carbocycles. The van der Waals surface area contributed by atoms with Crippen molar-refractivity contribution >= 4 is 17.3 Å². The Bertz CT molecular complexity index is 997. The van der Waals surface area contributed by atoms with E-state index in [1.807, 2.05) is 18.2 Å². The third-order valence-corrected chi connectivity index (χ3v) is 3.94. The zero-order valence-corrected chi connectivity index (χ0v) is 14.4. The fourth-order valence-corrected chi connectivity index (χ4v) is 2.69. The van der Waals surface area contributed by atoms with Gasteiger partial charge in [-0.3, -0.25) is 0 Å². The molecule has 3 aromatic rings. The first-order chi connectivity index (χ1) is 13.1. The van der Waals surface area contributed by atoms with Gasteiger partial charge in [-0.2, -0.15) is 0 Å². The first-order valence-corrected chi connectivity index (χ1v) is 8.27. The van der Waals surface area contributed by atoms with E-state index in [-0.39, 0.29) is 6.79 Å². The topological polar surface area (TPSA) is 68.3 Å². The van der Waals surface area contributed by atoms with Gasteiger partial charge in [0.1, 0.15) is 17.5 Å². The van der Waals surface area contributed by atoms with Gasteiger partial charge in [0.15, 0.2) is 23.1 Å². The Morgan fingerprint density at radius 2 is 1.74 bits per heavy atom. The van der Waals surface area contributed by atoms with E-state index in [1.54, 1.807) is 13.0 Å². The van der Waals surface area contributed by atoms with Gasteiger partial charge in [-0.05, 0) is 36.8 Å². The van der Waals surface area contributed by atoms with Gasteiger partial charge in [-0.1, -0.05) is 6.07 Å². The average Bonchev–Trinajstić information content (AvgIpc) is 3.10. The van der Waals surface area contributed by atoms with Crippen LogP contribution in [0.15, 0.2) is 42.5 Å². The summed E-state index contributed by atoms with van der Waals surface area (Å²) in [6.07, 6.45) is 0. The molecular formula is C19H16F2N4O2. The summed E-state index contributed by atoms with van der Waals surface area (Å²) >= 11 is 0.